The van der Waals surface area contributed by atoms with E-state index in [4.69, 9.17) is 16.3 Å². The van der Waals surface area contributed by atoms with Crippen molar-refractivity contribution in [1.29, 1.82) is 0 Å². The fourth-order valence-corrected chi connectivity index (χ4v) is 2.85. The maximum absolute atomic E-state index is 12.0. The molecular weight excluding hydrogens is 373 g/mol. The lowest BCUT2D eigenvalue weighted by Crippen LogP contribution is -2.48. The summed E-state index contributed by atoms with van der Waals surface area (Å²) in [5.41, 5.74) is 1.09. The number of piperazine rings is 1. The van der Waals surface area contributed by atoms with Crippen LogP contribution in [0.25, 0.3) is 0 Å². The Bertz CT molecular complexity index is 509. The van der Waals surface area contributed by atoms with Crippen molar-refractivity contribution >= 4 is 42.3 Å². The number of amides is 1. The third kappa shape index (κ3) is 6.65. The number of benzene rings is 1. The van der Waals surface area contributed by atoms with Crippen LogP contribution in [-0.2, 0) is 11.3 Å². The standard InChI is InChI=1S/C16H24ClN3O2.2ClH/c1-18-6-5-16(21)20-9-7-19(8-10-20)12-13-11-14(17)3-4-15(13)22-2;;/h3-4,11,18H,5-10,12H2,1-2H3;2*1H. The number of hydrogen-bond acceptors (Lipinski definition) is 4. The molecule has 8 heteroatoms. The molecule has 1 aliphatic heterocycles. The summed E-state index contributed by atoms with van der Waals surface area (Å²) in [6, 6.07) is 5.68. The molecule has 138 valence electrons. The van der Waals surface area contributed by atoms with E-state index in [1.807, 2.05) is 30.1 Å². The number of halogens is 3. The summed E-state index contributed by atoms with van der Waals surface area (Å²) in [4.78, 5) is 16.3. The third-order valence-corrected chi connectivity index (χ3v) is 4.19. The van der Waals surface area contributed by atoms with E-state index in [2.05, 4.69) is 10.2 Å². The minimum atomic E-state index is 0. The smallest absolute Gasteiger partial charge is 0.223 e. The molecule has 0 aromatic heterocycles. The molecule has 2 rings (SSSR count). The van der Waals surface area contributed by atoms with Gasteiger partial charge in [-0.25, -0.2) is 0 Å². The van der Waals surface area contributed by atoms with E-state index in [-0.39, 0.29) is 30.7 Å². The molecule has 0 spiro atoms. The van der Waals surface area contributed by atoms with E-state index in [0.717, 1.165) is 55.6 Å². The number of hydrogen-bond donors (Lipinski definition) is 1. The Balaban J connectivity index is 0.00000264. The second kappa shape index (κ2) is 11.8. The summed E-state index contributed by atoms with van der Waals surface area (Å²) in [6.07, 6.45) is 0.568. The van der Waals surface area contributed by atoms with E-state index in [0.29, 0.717) is 6.42 Å². The Labute approximate surface area is 161 Å². The highest BCUT2D eigenvalue weighted by atomic mass is 35.5. The van der Waals surface area contributed by atoms with Gasteiger partial charge < -0.3 is 15.0 Å². The molecule has 1 aliphatic rings. The topological polar surface area (TPSA) is 44.8 Å². The van der Waals surface area contributed by atoms with Crippen LogP contribution >= 0.6 is 36.4 Å². The summed E-state index contributed by atoms with van der Waals surface area (Å²) < 4.78 is 5.39. The molecule has 1 N–H and O–H groups in total. The van der Waals surface area contributed by atoms with Crippen LogP contribution in [0.5, 0.6) is 5.75 Å². The van der Waals surface area contributed by atoms with Gasteiger partial charge in [0.15, 0.2) is 0 Å². The molecule has 5 nitrogen and oxygen atoms in total. The van der Waals surface area contributed by atoms with E-state index in [9.17, 15) is 4.79 Å². The Morgan fingerprint density at radius 3 is 2.50 bits per heavy atom. The SMILES string of the molecule is CNCCC(=O)N1CCN(Cc2cc(Cl)ccc2OC)CC1.Cl.Cl. The molecule has 1 amide bonds. The summed E-state index contributed by atoms with van der Waals surface area (Å²) in [7, 11) is 3.54. The maximum Gasteiger partial charge on any atom is 0.223 e. The first-order chi connectivity index (χ1) is 10.6. The molecule has 0 unspecified atom stereocenters. The Hall–Kier alpha value is -0.720. The number of carbonyl (C=O) groups is 1. The summed E-state index contributed by atoms with van der Waals surface area (Å²) >= 11 is 6.07. The minimum Gasteiger partial charge on any atom is -0.496 e. The molecule has 0 atom stereocenters. The molecule has 0 aliphatic carbocycles. The number of nitrogens with one attached hydrogen (secondary N) is 1. The first-order valence-corrected chi connectivity index (χ1v) is 7.99. The van der Waals surface area contributed by atoms with Gasteiger partial charge in [-0.05, 0) is 25.2 Å². The fourth-order valence-electron chi connectivity index (χ4n) is 2.66. The molecular formula is C16H26Cl3N3O2. The van der Waals surface area contributed by atoms with Gasteiger partial charge in [0.05, 0.1) is 7.11 Å². The lowest BCUT2D eigenvalue weighted by atomic mass is 10.1. The Morgan fingerprint density at radius 2 is 1.92 bits per heavy atom. The largest absolute Gasteiger partial charge is 0.496 e. The van der Waals surface area contributed by atoms with Crippen molar-refractivity contribution in [1.82, 2.24) is 15.1 Å². The Kier molecular flexibility index (Phi) is 11.4. The van der Waals surface area contributed by atoms with Crippen LogP contribution in [0.1, 0.15) is 12.0 Å². The van der Waals surface area contributed by atoms with Crippen LogP contribution in [0.2, 0.25) is 5.02 Å². The third-order valence-electron chi connectivity index (χ3n) is 3.95. The predicted octanol–water partition coefficient (Wildman–Crippen LogP) is 2.45. The predicted molar refractivity (Wildman–Crippen MR) is 103 cm³/mol. The van der Waals surface area contributed by atoms with Crippen molar-refractivity contribution in [3.05, 3.63) is 28.8 Å². The van der Waals surface area contributed by atoms with Crippen LogP contribution in [0.3, 0.4) is 0 Å². The molecule has 0 saturated carbocycles. The fraction of sp³-hybridized carbons (Fsp3) is 0.562. The highest BCUT2D eigenvalue weighted by Crippen LogP contribution is 2.24. The summed E-state index contributed by atoms with van der Waals surface area (Å²) in [5, 5.41) is 3.73. The highest BCUT2D eigenvalue weighted by Gasteiger charge is 2.21. The second-order valence-electron chi connectivity index (χ2n) is 5.47. The first-order valence-electron chi connectivity index (χ1n) is 7.61. The molecule has 24 heavy (non-hydrogen) atoms. The van der Waals surface area contributed by atoms with Gasteiger partial charge in [-0.15, -0.1) is 24.8 Å². The van der Waals surface area contributed by atoms with Crippen molar-refractivity contribution in [3.63, 3.8) is 0 Å². The molecule has 1 heterocycles. The van der Waals surface area contributed by atoms with Crippen LogP contribution in [0.15, 0.2) is 18.2 Å². The van der Waals surface area contributed by atoms with Gasteiger partial charge in [0.2, 0.25) is 5.91 Å². The van der Waals surface area contributed by atoms with Crippen LogP contribution in [0, 0.1) is 0 Å². The van der Waals surface area contributed by atoms with Crippen molar-refractivity contribution < 1.29 is 9.53 Å². The van der Waals surface area contributed by atoms with Gasteiger partial charge in [-0.2, -0.15) is 0 Å². The van der Waals surface area contributed by atoms with E-state index >= 15 is 0 Å². The number of rotatable bonds is 6. The van der Waals surface area contributed by atoms with Crippen molar-refractivity contribution in [2.75, 3.05) is 46.9 Å². The zero-order chi connectivity index (χ0) is 15.9. The average Bonchev–Trinajstić information content (AvgIpc) is 2.53. The quantitative estimate of drug-likeness (QED) is 0.799. The van der Waals surface area contributed by atoms with Crippen LogP contribution in [-0.4, -0.2) is 62.6 Å². The normalized spacial score (nSPS) is 14.5. The lowest BCUT2D eigenvalue weighted by Gasteiger charge is -2.35. The second-order valence-corrected chi connectivity index (χ2v) is 5.90. The number of ether oxygens (including phenoxy) is 1. The van der Waals surface area contributed by atoms with Crippen molar-refractivity contribution in [2.45, 2.75) is 13.0 Å². The highest BCUT2D eigenvalue weighted by molar-refractivity contribution is 6.30. The lowest BCUT2D eigenvalue weighted by molar-refractivity contribution is -0.132. The monoisotopic (exact) mass is 397 g/mol. The average molecular weight is 399 g/mol. The van der Waals surface area contributed by atoms with Crippen LogP contribution in [0.4, 0.5) is 0 Å². The molecule has 1 fully saturated rings. The van der Waals surface area contributed by atoms with Gasteiger partial charge >= 0.3 is 0 Å². The molecule has 0 bridgehead atoms. The Morgan fingerprint density at radius 1 is 1.25 bits per heavy atom. The number of methoxy groups -OCH3 is 1. The van der Waals surface area contributed by atoms with Gasteiger partial charge in [-0.3, -0.25) is 9.69 Å². The van der Waals surface area contributed by atoms with Crippen LogP contribution < -0.4 is 10.1 Å². The molecule has 1 saturated heterocycles. The zero-order valence-electron chi connectivity index (χ0n) is 14.1. The molecule has 1 aromatic carbocycles. The van der Waals surface area contributed by atoms with E-state index in [1.165, 1.54) is 0 Å². The summed E-state index contributed by atoms with van der Waals surface area (Å²) in [5.74, 6) is 1.09. The zero-order valence-corrected chi connectivity index (χ0v) is 16.5. The van der Waals surface area contributed by atoms with E-state index < -0.39 is 0 Å². The first kappa shape index (κ1) is 23.3. The van der Waals surface area contributed by atoms with Gasteiger partial charge in [-0.1, -0.05) is 11.6 Å². The number of nitrogens with zero attached hydrogens (tertiary/aromatic N) is 2. The molecule has 1 aromatic rings. The van der Waals surface area contributed by atoms with Gasteiger partial charge in [0.25, 0.3) is 0 Å². The summed E-state index contributed by atoms with van der Waals surface area (Å²) in [6.45, 7) is 4.85. The number of carbonyl (C=O) groups excluding carboxylic acids is 1. The van der Waals surface area contributed by atoms with Crippen molar-refractivity contribution in [3.8, 4) is 5.75 Å². The van der Waals surface area contributed by atoms with Crippen molar-refractivity contribution in [2.24, 2.45) is 0 Å². The molecule has 0 radical (unpaired) electrons. The minimum absolute atomic E-state index is 0. The van der Waals surface area contributed by atoms with Gasteiger partial charge in [0, 0.05) is 56.3 Å². The van der Waals surface area contributed by atoms with E-state index in [1.54, 1.807) is 7.11 Å². The van der Waals surface area contributed by atoms with Gasteiger partial charge in [0.1, 0.15) is 5.75 Å². The maximum atomic E-state index is 12.0.